The standard InChI is InChI=1S/C18H20F2N2O2/c1-3-24-18(23)12-6-8-22(9-7-12)15-10-11(2)21-17-13(15)4-5-14(19)16(17)20/h4-5,10,12H,3,6-9H2,1-2H3. The van der Waals surface area contributed by atoms with Crippen molar-refractivity contribution in [3.8, 4) is 0 Å². The van der Waals surface area contributed by atoms with E-state index in [4.69, 9.17) is 4.74 Å². The molecule has 3 rings (SSSR count). The Morgan fingerprint density at radius 1 is 1.33 bits per heavy atom. The first kappa shape index (κ1) is 16.6. The highest BCUT2D eigenvalue weighted by molar-refractivity contribution is 5.92. The first-order chi connectivity index (χ1) is 11.5. The Kier molecular flexibility index (Phi) is 4.64. The van der Waals surface area contributed by atoms with Crippen LogP contribution in [-0.2, 0) is 9.53 Å². The molecule has 1 aliphatic rings. The summed E-state index contributed by atoms with van der Waals surface area (Å²) in [5.74, 6) is -2.06. The number of pyridine rings is 1. The summed E-state index contributed by atoms with van der Waals surface area (Å²) in [6.45, 7) is 5.28. The summed E-state index contributed by atoms with van der Waals surface area (Å²) in [7, 11) is 0. The molecular weight excluding hydrogens is 314 g/mol. The molecule has 0 bridgehead atoms. The van der Waals surface area contributed by atoms with Crippen LogP contribution in [0.5, 0.6) is 0 Å². The van der Waals surface area contributed by atoms with Crippen molar-refractivity contribution in [1.82, 2.24) is 4.98 Å². The van der Waals surface area contributed by atoms with E-state index in [1.807, 2.05) is 6.07 Å². The van der Waals surface area contributed by atoms with E-state index in [0.29, 0.717) is 43.6 Å². The third-order valence-electron chi connectivity index (χ3n) is 4.43. The predicted octanol–water partition coefficient (Wildman–Crippen LogP) is 3.60. The highest BCUT2D eigenvalue weighted by atomic mass is 19.2. The number of carbonyl (C=O) groups is 1. The van der Waals surface area contributed by atoms with Crippen LogP contribution in [-0.4, -0.2) is 30.6 Å². The quantitative estimate of drug-likeness (QED) is 0.805. The van der Waals surface area contributed by atoms with E-state index in [9.17, 15) is 13.6 Å². The summed E-state index contributed by atoms with van der Waals surface area (Å²) in [5, 5.41) is 0.592. The number of fused-ring (bicyclic) bond motifs is 1. The van der Waals surface area contributed by atoms with Crippen LogP contribution in [0.4, 0.5) is 14.5 Å². The van der Waals surface area contributed by atoms with Crippen molar-refractivity contribution in [2.45, 2.75) is 26.7 Å². The molecule has 0 atom stereocenters. The summed E-state index contributed by atoms with van der Waals surface area (Å²) < 4.78 is 32.6. The zero-order valence-electron chi connectivity index (χ0n) is 13.8. The molecule has 24 heavy (non-hydrogen) atoms. The average Bonchev–Trinajstić information content (AvgIpc) is 2.58. The number of aryl methyl sites for hydroxylation is 1. The number of benzene rings is 1. The maximum absolute atomic E-state index is 14.1. The van der Waals surface area contributed by atoms with E-state index in [-0.39, 0.29) is 17.4 Å². The molecule has 0 radical (unpaired) electrons. The molecule has 6 heteroatoms. The number of carbonyl (C=O) groups excluding carboxylic acids is 1. The number of halogens is 2. The highest BCUT2D eigenvalue weighted by Gasteiger charge is 2.27. The van der Waals surface area contributed by atoms with Gasteiger partial charge in [0.25, 0.3) is 0 Å². The molecule has 0 saturated carbocycles. The second kappa shape index (κ2) is 6.71. The molecule has 1 aliphatic heterocycles. The maximum Gasteiger partial charge on any atom is 0.309 e. The number of esters is 1. The van der Waals surface area contributed by atoms with Gasteiger partial charge in [-0.1, -0.05) is 0 Å². The fraction of sp³-hybridized carbons (Fsp3) is 0.444. The summed E-state index contributed by atoms with van der Waals surface area (Å²) in [6, 6.07) is 4.57. The van der Waals surface area contributed by atoms with Crippen molar-refractivity contribution in [3.63, 3.8) is 0 Å². The number of ether oxygens (including phenoxy) is 1. The second-order valence-electron chi connectivity index (χ2n) is 6.05. The Hall–Kier alpha value is -2.24. The van der Waals surface area contributed by atoms with Gasteiger partial charge in [0, 0.05) is 29.9 Å². The minimum absolute atomic E-state index is 0.0533. The summed E-state index contributed by atoms with van der Waals surface area (Å²) in [4.78, 5) is 18.1. The lowest BCUT2D eigenvalue weighted by atomic mass is 9.96. The highest BCUT2D eigenvalue weighted by Crippen LogP contribution is 2.32. The maximum atomic E-state index is 14.1. The van der Waals surface area contributed by atoms with Gasteiger partial charge in [-0.2, -0.15) is 0 Å². The summed E-state index contributed by atoms with van der Waals surface area (Å²) >= 11 is 0. The molecule has 0 amide bonds. The van der Waals surface area contributed by atoms with Gasteiger partial charge in [-0.25, -0.2) is 13.8 Å². The fourth-order valence-corrected chi connectivity index (χ4v) is 3.22. The van der Waals surface area contributed by atoms with E-state index in [0.717, 1.165) is 11.8 Å². The van der Waals surface area contributed by atoms with Gasteiger partial charge in [-0.15, -0.1) is 0 Å². The van der Waals surface area contributed by atoms with E-state index in [1.165, 1.54) is 0 Å². The average molecular weight is 334 g/mol. The van der Waals surface area contributed by atoms with Crippen LogP contribution in [0.3, 0.4) is 0 Å². The monoisotopic (exact) mass is 334 g/mol. The lowest BCUT2D eigenvalue weighted by Gasteiger charge is -2.33. The minimum atomic E-state index is -0.918. The van der Waals surface area contributed by atoms with Gasteiger partial charge < -0.3 is 9.64 Å². The Bertz CT molecular complexity index is 771. The lowest BCUT2D eigenvalue weighted by Crippen LogP contribution is -2.37. The summed E-state index contributed by atoms with van der Waals surface area (Å²) in [5.41, 5.74) is 1.52. The molecule has 0 spiro atoms. The first-order valence-electron chi connectivity index (χ1n) is 8.18. The molecule has 2 aromatic rings. The number of piperidine rings is 1. The Balaban J connectivity index is 1.88. The zero-order chi connectivity index (χ0) is 17.3. The summed E-state index contributed by atoms with van der Waals surface area (Å²) in [6.07, 6.45) is 1.37. The predicted molar refractivity (Wildman–Crippen MR) is 88.0 cm³/mol. The van der Waals surface area contributed by atoms with Crippen LogP contribution in [0.25, 0.3) is 10.9 Å². The largest absolute Gasteiger partial charge is 0.466 e. The van der Waals surface area contributed by atoms with Crippen molar-refractivity contribution >= 4 is 22.6 Å². The molecule has 0 aliphatic carbocycles. The number of hydrogen-bond donors (Lipinski definition) is 0. The molecule has 1 aromatic heterocycles. The van der Waals surface area contributed by atoms with Crippen molar-refractivity contribution in [3.05, 3.63) is 35.5 Å². The molecule has 1 fully saturated rings. The van der Waals surface area contributed by atoms with Gasteiger partial charge in [0.05, 0.1) is 12.5 Å². The number of hydrogen-bond acceptors (Lipinski definition) is 4. The van der Waals surface area contributed by atoms with Crippen molar-refractivity contribution in [2.24, 2.45) is 5.92 Å². The Morgan fingerprint density at radius 3 is 2.71 bits per heavy atom. The molecule has 4 nitrogen and oxygen atoms in total. The molecule has 2 heterocycles. The van der Waals surface area contributed by atoms with Gasteiger partial charge in [0.15, 0.2) is 11.6 Å². The number of nitrogens with zero attached hydrogens (tertiary/aromatic N) is 2. The van der Waals surface area contributed by atoms with Crippen molar-refractivity contribution in [1.29, 1.82) is 0 Å². The van der Waals surface area contributed by atoms with Gasteiger partial charge >= 0.3 is 5.97 Å². The van der Waals surface area contributed by atoms with Crippen LogP contribution < -0.4 is 4.90 Å². The van der Waals surface area contributed by atoms with Crippen LogP contribution in [0.1, 0.15) is 25.5 Å². The third kappa shape index (κ3) is 3.05. The number of rotatable bonds is 3. The Morgan fingerprint density at radius 2 is 2.04 bits per heavy atom. The SMILES string of the molecule is CCOC(=O)C1CCN(c2cc(C)nc3c(F)c(F)ccc23)CC1. The molecule has 0 N–H and O–H groups in total. The van der Waals surface area contributed by atoms with E-state index in [2.05, 4.69) is 9.88 Å². The molecule has 1 aromatic carbocycles. The normalized spacial score (nSPS) is 15.8. The topological polar surface area (TPSA) is 42.4 Å². The van der Waals surface area contributed by atoms with Crippen molar-refractivity contribution in [2.75, 3.05) is 24.6 Å². The van der Waals surface area contributed by atoms with Gasteiger partial charge in [0.1, 0.15) is 5.52 Å². The van der Waals surface area contributed by atoms with Gasteiger partial charge in [0.2, 0.25) is 0 Å². The second-order valence-corrected chi connectivity index (χ2v) is 6.05. The van der Waals surface area contributed by atoms with Crippen LogP contribution in [0.2, 0.25) is 0 Å². The third-order valence-corrected chi connectivity index (χ3v) is 4.43. The van der Waals surface area contributed by atoms with Crippen LogP contribution in [0.15, 0.2) is 18.2 Å². The van der Waals surface area contributed by atoms with E-state index < -0.39 is 11.6 Å². The minimum Gasteiger partial charge on any atom is -0.466 e. The van der Waals surface area contributed by atoms with Crippen LogP contribution >= 0.6 is 0 Å². The lowest BCUT2D eigenvalue weighted by molar-refractivity contribution is -0.148. The van der Waals surface area contributed by atoms with Gasteiger partial charge in [-0.05, 0) is 44.9 Å². The zero-order valence-corrected chi connectivity index (χ0v) is 13.8. The molecule has 1 saturated heterocycles. The first-order valence-corrected chi connectivity index (χ1v) is 8.18. The Labute approximate surface area is 139 Å². The van der Waals surface area contributed by atoms with E-state index in [1.54, 1.807) is 19.9 Å². The van der Waals surface area contributed by atoms with E-state index >= 15 is 0 Å². The number of anilines is 1. The smallest absolute Gasteiger partial charge is 0.309 e. The fourth-order valence-electron chi connectivity index (χ4n) is 3.22. The molecule has 0 unspecified atom stereocenters. The van der Waals surface area contributed by atoms with Crippen LogP contribution in [0, 0.1) is 24.5 Å². The number of aromatic nitrogens is 1. The van der Waals surface area contributed by atoms with Gasteiger partial charge in [-0.3, -0.25) is 4.79 Å². The van der Waals surface area contributed by atoms with Crippen molar-refractivity contribution < 1.29 is 18.3 Å². The molecule has 128 valence electrons. The molecular formula is C18H20F2N2O2.